The molecule has 1 aliphatic rings. The molecule has 0 spiro atoms. The first kappa shape index (κ1) is 14.6. The summed E-state index contributed by atoms with van der Waals surface area (Å²) in [6, 6.07) is 3.95. The number of carbonyl (C=O) groups excluding carboxylic acids is 2. The lowest BCUT2D eigenvalue weighted by atomic mass is 10.1. The standard InChI is InChI=1S/C14H19NO2S2/c1-10-11(2)18-9-7-15(10)14(17)6-5-12(16)13-4-3-8-19-13/h3-4,8,10-11H,5-7,9H2,1-2H3/t10-,11+/m0/s1. The molecular formula is C14H19NO2S2. The maximum atomic E-state index is 12.2. The van der Waals surface area contributed by atoms with Crippen LogP contribution < -0.4 is 0 Å². The predicted molar refractivity (Wildman–Crippen MR) is 81.0 cm³/mol. The van der Waals surface area contributed by atoms with Crippen LogP contribution in [-0.4, -0.2) is 40.2 Å². The van der Waals surface area contributed by atoms with E-state index in [-0.39, 0.29) is 17.7 Å². The smallest absolute Gasteiger partial charge is 0.223 e. The van der Waals surface area contributed by atoms with Gasteiger partial charge in [-0.3, -0.25) is 9.59 Å². The highest BCUT2D eigenvalue weighted by molar-refractivity contribution is 8.00. The van der Waals surface area contributed by atoms with Gasteiger partial charge < -0.3 is 4.90 Å². The second-order valence-electron chi connectivity index (χ2n) is 4.80. The monoisotopic (exact) mass is 297 g/mol. The Hall–Kier alpha value is -0.810. The molecule has 1 aliphatic heterocycles. The van der Waals surface area contributed by atoms with Gasteiger partial charge in [0, 0.05) is 36.4 Å². The van der Waals surface area contributed by atoms with Gasteiger partial charge in [0.05, 0.1) is 4.88 Å². The van der Waals surface area contributed by atoms with Gasteiger partial charge in [-0.15, -0.1) is 11.3 Å². The number of nitrogens with zero attached hydrogens (tertiary/aromatic N) is 1. The molecule has 1 saturated heterocycles. The molecule has 0 radical (unpaired) electrons. The number of Topliss-reactive ketones (excluding diaryl/α,β-unsaturated/α-hetero) is 1. The van der Waals surface area contributed by atoms with E-state index < -0.39 is 0 Å². The lowest BCUT2D eigenvalue weighted by Crippen LogP contribution is -2.48. The summed E-state index contributed by atoms with van der Waals surface area (Å²) in [5.41, 5.74) is 0. The molecule has 0 aliphatic carbocycles. The van der Waals surface area contributed by atoms with Crippen molar-refractivity contribution in [3.05, 3.63) is 22.4 Å². The first-order chi connectivity index (χ1) is 9.09. The molecule has 0 saturated carbocycles. The lowest BCUT2D eigenvalue weighted by Gasteiger charge is -2.37. The van der Waals surface area contributed by atoms with E-state index in [1.807, 2.05) is 34.2 Å². The maximum Gasteiger partial charge on any atom is 0.223 e. The minimum atomic E-state index is 0.0791. The van der Waals surface area contributed by atoms with Gasteiger partial charge in [-0.1, -0.05) is 13.0 Å². The molecule has 2 rings (SSSR count). The Kier molecular flexibility index (Phi) is 5.05. The fourth-order valence-corrected chi connectivity index (χ4v) is 4.00. The van der Waals surface area contributed by atoms with Crippen LogP contribution in [0.2, 0.25) is 0 Å². The third-order valence-corrected chi connectivity index (χ3v) is 5.82. The number of carbonyl (C=O) groups is 2. The molecule has 1 aromatic rings. The highest BCUT2D eigenvalue weighted by Gasteiger charge is 2.28. The number of hydrogen-bond acceptors (Lipinski definition) is 4. The number of amides is 1. The van der Waals surface area contributed by atoms with Gasteiger partial charge in [-0.2, -0.15) is 11.8 Å². The largest absolute Gasteiger partial charge is 0.338 e. The summed E-state index contributed by atoms with van der Waals surface area (Å²) < 4.78 is 0. The molecule has 2 heterocycles. The van der Waals surface area contributed by atoms with E-state index >= 15 is 0 Å². The van der Waals surface area contributed by atoms with Gasteiger partial charge in [-0.05, 0) is 18.4 Å². The van der Waals surface area contributed by atoms with Crippen molar-refractivity contribution >= 4 is 34.8 Å². The minimum Gasteiger partial charge on any atom is -0.338 e. The Bertz CT molecular complexity index is 444. The molecule has 3 nitrogen and oxygen atoms in total. The number of thioether (sulfide) groups is 1. The highest BCUT2D eigenvalue weighted by Crippen LogP contribution is 2.25. The Morgan fingerprint density at radius 3 is 2.84 bits per heavy atom. The molecule has 0 bridgehead atoms. The van der Waals surface area contributed by atoms with Crippen LogP contribution in [0.25, 0.3) is 0 Å². The summed E-state index contributed by atoms with van der Waals surface area (Å²) in [5, 5.41) is 2.37. The number of thiophene rings is 1. The summed E-state index contributed by atoms with van der Waals surface area (Å²) in [4.78, 5) is 26.8. The van der Waals surface area contributed by atoms with Gasteiger partial charge in [0.2, 0.25) is 5.91 Å². The molecule has 0 aromatic carbocycles. The zero-order chi connectivity index (χ0) is 13.8. The maximum absolute atomic E-state index is 12.2. The van der Waals surface area contributed by atoms with Crippen molar-refractivity contribution in [1.29, 1.82) is 0 Å². The van der Waals surface area contributed by atoms with Gasteiger partial charge in [0.25, 0.3) is 0 Å². The van der Waals surface area contributed by atoms with Crippen molar-refractivity contribution in [3.8, 4) is 0 Å². The predicted octanol–water partition coefficient (Wildman–Crippen LogP) is 3.06. The van der Waals surface area contributed by atoms with Crippen LogP contribution in [0.15, 0.2) is 17.5 Å². The van der Waals surface area contributed by atoms with E-state index in [2.05, 4.69) is 13.8 Å². The van der Waals surface area contributed by atoms with Gasteiger partial charge in [0.1, 0.15) is 0 Å². The topological polar surface area (TPSA) is 37.4 Å². The normalized spacial score (nSPS) is 23.4. The Balaban J connectivity index is 1.86. The van der Waals surface area contributed by atoms with Crippen LogP contribution in [0.1, 0.15) is 36.4 Å². The van der Waals surface area contributed by atoms with E-state index in [1.54, 1.807) is 0 Å². The van der Waals surface area contributed by atoms with Crippen molar-refractivity contribution in [1.82, 2.24) is 4.90 Å². The van der Waals surface area contributed by atoms with Gasteiger partial charge in [0.15, 0.2) is 5.78 Å². The number of rotatable bonds is 4. The van der Waals surface area contributed by atoms with Crippen molar-refractivity contribution in [2.24, 2.45) is 0 Å². The first-order valence-electron chi connectivity index (χ1n) is 6.57. The van der Waals surface area contributed by atoms with Crippen molar-refractivity contribution < 1.29 is 9.59 Å². The first-order valence-corrected chi connectivity index (χ1v) is 8.50. The van der Waals surface area contributed by atoms with Gasteiger partial charge in [-0.25, -0.2) is 0 Å². The summed E-state index contributed by atoms with van der Waals surface area (Å²) >= 11 is 3.35. The lowest BCUT2D eigenvalue weighted by molar-refractivity contribution is -0.133. The van der Waals surface area contributed by atoms with Crippen molar-refractivity contribution in [3.63, 3.8) is 0 Å². The zero-order valence-corrected chi connectivity index (χ0v) is 12.9. The van der Waals surface area contributed by atoms with E-state index in [0.717, 1.165) is 17.2 Å². The molecule has 1 fully saturated rings. The van der Waals surface area contributed by atoms with Crippen molar-refractivity contribution in [2.45, 2.75) is 38.0 Å². The van der Waals surface area contributed by atoms with Crippen LogP contribution >= 0.6 is 23.1 Å². The average molecular weight is 297 g/mol. The van der Waals surface area contributed by atoms with E-state index in [1.165, 1.54) is 11.3 Å². The molecule has 5 heteroatoms. The van der Waals surface area contributed by atoms with E-state index in [9.17, 15) is 9.59 Å². The Morgan fingerprint density at radius 1 is 1.37 bits per heavy atom. The SMILES string of the molecule is C[C@H]1SCCN(C(=O)CCC(=O)c2cccs2)[C@H]1C. The molecule has 1 amide bonds. The molecule has 104 valence electrons. The molecule has 19 heavy (non-hydrogen) atoms. The second kappa shape index (κ2) is 6.57. The Labute approximate surface area is 122 Å². The average Bonchev–Trinajstić information content (AvgIpc) is 2.93. The quantitative estimate of drug-likeness (QED) is 0.802. The summed E-state index contributed by atoms with van der Waals surface area (Å²) in [6.45, 7) is 5.06. The third-order valence-electron chi connectivity index (χ3n) is 3.57. The fourth-order valence-electron chi connectivity index (χ4n) is 2.21. The van der Waals surface area contributed by atoms with Crippen LogP contribution in [0.5, 0.6) is 0 Å². The molecule has 1 aromatic heterocycles. The van der Waals surface area contributed by atoms with Crippen LogP contribution in [0, 0.1) is 0 Å². The summed E-state index contributed by atoms with van der Waals surface area (Å²) in [7, 11) is 0. The van der Waals surface area contributed by atoms with Gasteiger partial charge >= 0.3 is 0 Å². The molecule has 0 N–H and O–H groups in total. The molecule has 0 unspecified atom stereocenters. The summed E-state index contributed by atoms with van der Waals surface area (Å²) in [6.07, 6.45) is 0.655. The van der Waals surface area contributed by atoms with Crippen LogP contribution in [0.3, 0.4) is 0 Å². The molecule has 2 atom stereocenters. The number of hydrogen-bond donors (Lipinski definition) is 0. The van der Waals surface area contributed by atoms with E-state index in [4.69, 9.17) is 0 Å². The summed E-state index contributed by atoms with van der Waals surface area (Å²) in [5.74, 6) is 1.19. The third kappa shape index (κ3) is 3.60. The second-order valence-corrected chi connectivity index (χ2v) is 7.24. The minimum absolute atomic E-state index is 0.0791. The highest BCUT2D eigenvalue weighted by atomic mass is 32.2. The Morgan fingerprint density at radius 2 is 2.16 bits per heavy atom. The fraction of sp³-hybridized carbons (Fsp3) is 0.571. The van der Waals surface area contributed by atoms with Crippen LogP contribution in [-0.2, 0) is 4.79 Å². The van der Waals surface area contributed by atoms with Crippen LogP contribution in [0.4, 0.5) is 0 Å². The van der Waals surface area contributed by atoms with E-state index in [0.29, 0.717) is 18.1 Å². The number of ketones is 1. The zero-order valence-electron chi connectivity index (χ0n) is 11.3. The molecular weight excluding hydrogens is 278 g/mol. The van der Waals surface area contributed by atoms with Crippen molar-refractivity contribution in [2.75, 3.05) is 12.3 Å².